The zero-order valence-corrected chi connectivity index (χ0v) is 11.5. The summed E-state index contributed by atoms with van der Waals surface area (Å²) in [5, 5.41) is 16.9. The van der Waals surface area contributed by atoms with Crippen molar-refractivity contribution < 1.29 is 19.5 Å². The first-order chi connectivity index (χ1) is 9.33. The largest absolute Gasteiger partial charge is 0.392 e. The first-order valence-corrected chi connectivity index (χ1v) is 5.94. The third kappa shape index (κ3) is 4.36. The number of carbonyl (C=O) groups is 3. The van der Waals surface area contributed by atoms with Crippen molar-refractivity contribution in [2.24, 2.45) is 0 Å². The number of anilines is 3. The van der Waals surface area contributed by atoms with Crippen LogP contribution in [0.4, 0.5) is 17.1 Å². The molecule has 108 valence electrons. The van der Waals surface area contributed by atoms with Gasteiger partial charge in [-0.15, -0.1) is 0 Å². The molecule has 0 atom stereocenters. The molecule has 0 unspecified atom stereocenters. The molecular formula is C13H17N3O4. The summed E-state index contributed by atoms with van der Waals surface area (Å²) in [7, 11) is 0. The normalized spacial score (nSPS) is 9.80. The Balaban J connectivity index is 3.39. The van der Waals surface area contributed by atoms with Gasteiger partial charge in [-0.2, -0.15) is 0 Å². The predicted octanol–water partition coefficient (Wildman–Crippen LogP) is 1.05. The molecule has 0 aliphatic heterocycles. The Hall–Kier alpha value is -2.41. The van der Waals surface area contributed by atoms with Gasteiger partial charge in [0.1, 0.15) is 0 Å². The van der Waals surface area contributed by atoms with Crippen LogP contribution in [0.1, 0.15) is 26.3 Å². The second kappa shape index (κ2) is 6.67. The molecule has 0 radical (unpaired) electrons. The lowest BCUT2D eigenvalue weighted by molar-refractivity contribution is -0.115. The number of aliphatic hydroxyl groups excluding tert-OH is 1. The lowest BCUT2D eigenvalue weighted by Crippen LogP contribution is -2.16. The maximum absolute atomic E-state index is 11.3. The van der Waals surface area contributed by atoms with E-state index in [2.05, 4.69) is 16.0 Å². The highest BCUT2D eigenvalue weighted by molar-refractivity contribution is 6.05. The minimum Gasteiger partial charge on any atom is -0.392 e. The Kier molecular flexibility index (Phi) is 5.22. The van der Waals surface area contributed by atoms with E-state index < -0.39 is 0 Å². The fraction of sp³-hybridized carbons (Fsp3) is 0.308. The number of amides is 3. The van der Waals surface area contributed by atoms with E-state index in [1.54, 1.807) is 0 Å². The molecule has 4 N–H and O–H groups in total. The van der Waals surface area contributed by atoms with Gasteiger partial charge in [0, 0.05) is 20.8 Å². The van der Waals surface area contributed by atoms with Crippen molar-refractivity contribution in [2.75, 3.05) is 16.0 Å². The molecule has 0 bridgehead atoms. The molecule has 3 amide bonds. The number of rotatable bonds is 4. The molecule has 0 saturated heterocycles. The van der Waals surface area contributed by atoms with Crippen LogP contribution in [0.25, 0.3) is 0 Å². The summed E-state index contributed by atoms with van der Waals surface area (Å²) in [6.07, 6.45) is 0. The van der Waals surface area contributed by atoms with E-state index in [1.807, 2.05) is 0 Å². The summed E-state index contributed by atoms with van der Waals surface area (Å²) in [5.41, 5.74) is 1.39. The van der Waals surface area contributed by atoms with E-state index in [4.69, 9.17) is 0 Å². The van der Waals surface area contributed by atoms with E-state index in [1.165, 1.54) is 32.9 Å². The van der Waals surface area contributed by atoms with Crippen molar-refractivity contribution in [3.63, 3.8) is 0 Å². The van der Waals surface area contributed by atoms with Crippen LogP contribution < -0.4 is 16.0 Å². The standard InChI is InChI=1S/C13H17N3O4/c1-7(18)14-11-4-10(6-17)5-12(15-8(2)19)13(11)16-9(3)20/h4-5,17H,6H2,1-3H3,(H,14,18)(H,15,19)(H,16,20). The van der Waals surface area contributed by atoms with Gasteiger partial charge < -0.3 is 21.1 Å². The number of carbonyl (C=O) groups excluding carboxylic acids is 3. The van der Waals surface area contributed by atoms with Gasteiger partial charge in [0.05, 0.1) is 23.7 Å². The summed E-state index contributed by atoms with van der Waals surface area (Å²) >= 11 is 0. The van der Waals surface area contributed by atoms with Crippen LogP contribution in [-0.4, -0.2) is 22.8 Å². The predicted molar refractivity (Wildman–Crippen MR) is 75.3 cm³/mol. The Morgan fingerprint density at radius 1 is 0.900 bits per heavy atom. The van der Waals surface area contributed by atoms with Crippen molar-refractivity contribution >= 4 is 34.8 Å². The van der Waals surface area contributed by atoms with Gasteiger partial charge in [-0.3, -0.25) is 14.4 Å². The number of hydrogen-bond donors (Lipinski definition) is 4. The minimum atomic E-state index is -0.347. The molecule has 0 heterocycles. The Bertz CT molecular complexity index is 518. The molecule has 1 rings (SSSR count). The molecule has 1 aromatic rings. The lowest BCUT2D eigenvalue weighted by Gasteiger charge is -2.17. The number of aliphatic hydroxyl groups is 1. The van der Waals surface area contributed by atoms with E-state index in [0.717, 1.165) is 0 Å². The van der Waals surface area contributed by atoms with Gasteiger partial charge in [0.2, 0.25) is 17.7 Å². The van der Waals surface area contributed by atoms with E-state index in [9.17, 15) is 19.5 Å². The smallest absolute Gasteiger partial charge is 0.221 e. The molecule has 20 heavy (non-hydrogen) atoms. The van der Waals surface area contributed by atoms with Gasteiger partial charge in [-0.1, -0.05) is 0 Å². The molecule has 0 aliphatic carbocycles. The third-order valence-electron chi connectivity index (χ3n) is 2.30. The molecule has 0 aromatic heterocycles. The lowest BCUT2D eigenvalue weighted by atomic mass is 10.1. The summed E-state index contributed by atoms with van der Waals surface area (Å²) < 4.78 is 0. The van der Waals surface area contributed by atoms with Crippen LogP contribution >= 0.6 is 0 Å². The van der Waals surface area contributed by atoms with Crippen molar-refractivity contribution in [1.82, 2.24) is 0 Å². The molecule has 7 nitrogen and oxygen atoms in total. The van der Waals surface area contributed by atoms with Gasteiger partial charge in [0.15, 0.2) is 0 Å². The van der Waals surface area contributed by atoms with Crippen LogP contribution in [0, 0.1) is 0 Å². The molecule has 1 aromatic carbocycles. The summed E-state index contributed by atoms with van der Waals surface area (Å²) in [5.74, 6) is -1.01. The second-order valence-electron chi connectivity index (χ2n) is 4.27. The fourth-order valence-electron chi connectivity index (χ4n) is 1.68. The maximum Gasteiger partial charge on any atom is 0.221 e. The molecule has 0 saturated carbocycles. The van der Waals surface area contributed by atoms with E-state index in [-0.39, 0.29) is 30.0 Å². The van der Waals surface area contributed by atoms with Gasteiger partial charge in [-0.05, 0) is 17.7 Å². The minimum absolute atomic E-state index is 0.264. The monoisotopic (exact) mass is 279 g/mol. The van der Waals surface area contributed by atoms with Crippen molar-refractivity contribution in [1.29, 1.82) is 0 Å². The zero-order chi connectivity index (χ0) is 15.3. The number of benzene rings is 1. The first-order valence-electron chi connectivity index (χ1n) is 5.94. The number of nitrogens with one attached hydrogen (secondary N) is 3. The summed E-state index contributed by atoms with van der Waals surface area (Å²) in [6, 6.07) is 3.05. The highest BCUT2D eigenvalue weighted by Gasteiger charge is 2.14. The van der Waals surface area contributed by atoms with Crippen LogP contribution in [0.3, 0.4) is 0 Å². The summed E-state index contributed by atoms with van der Waals surface area (Å²) in [4.78, 5) is 33.7. The van der Waals surface area contributed by atoms with Gasteiger partial charge in [0.25, 0.3) is 0 Å². The summed E-state index contributed by atoms with van der Waals surface area (Å²) in [6.45, 7) is 3.69. The highest BCUT2D eigenvalue weighted by atomic mass is 16.3. The molecule has 7 heteroatoms. The Morgan fingerprint density at radius 2 is 1.30 bits per heavy atom. The maximum atomic E-state index is 11.3. The highest BCUT2D eigenvalue weighted by Crippen LogP contribution is 2.33. The average Bonchev–Trinajstić information content (AvgIpc) is 2.30. The molecule has 0 fully saturated rings. The van der Waals surface area contributed by atoms with Crippen molar-refractivity contribution in [3.05, 3.63) is 17.7 Å². The molecular weight excluding hydrogens is 262 g/mol. The third-order valence-corrected chi connectivity index (χ3v) is 2.30. The van der Waals surface area contributed by atoms with Crippen LogP contribution in [0.2, 0.25) is 0 Å². The number of hydrogen-bond acceptors (Lipinski definition) is 4. The van der Waals surface area contributed by atoms with Gasteiger partial charge >= 0.3 is 0 Å². The Morgan fingerprint density at radius 3 is 1.60 bits per heavy atom. The van der Waals surface area contributed by atoms with Gasteiger partial charge in [-0.25, -0.2) is 0 Å². The van der Waals surface area contributed by atoms with Crippen molar-refractivity contribution in [3.8, 4) is 0 Å². The van der Waals surface area contributed by atoms with Crippen LogP contribution in [-0.2, 0) is 21.0 Å². The average molecular weight is 279 g/mol. The molecule has 0 spiro atoms. The SMILES string of the molecule is CC(=O)Nc1cc(CO)cc(NC(C)=O)c1NC(C)=O. The van der Waals surface area contributed by atoms with Crippen molar-refractivity contribution in [2.45, 2.75) is 27.4 Å². The first kappa shape index (κ1) is 15.6. The van der Waals surface area contributed by atoms with Crippen LogP contribution in [0.15, 0.2) is 12.1 Å². The zero-order valence-electron chi connectivity index (χ0n) is 11.5. The van der Waals surface area contributed by atoms with Crippen LogP contribution in [0.5, 0.6) is 0 Å². The topological polar surface area (TPSA) is 108 Å². The quantitative estimate of drug-likeness (QED) is 0.660. The van der Waals surface area contributed by atoms with E-state index >= 15 is 0 Å². The molecule has 0 aliphatic rings. The van der Waals surface area contributed by atoms with E-state index in [0.29, 0.717) is 16.9 Å². The Labute approximate surface area is 116 Å². The second-order valence-corrected chi connectivity index (χ2v) is 4.27. The fourth-order valence-corrected chi connectivity index (χ4v) is 1.68.